The minimum absolute atomic E-state index is 0.0764. The maximum atomic E-state index is 12.3. The van der Waals surface area contributed by atoms with Gasteiger partial charge in [-0.1, -0.05) is 36.4 Å². The van der Waals surface area contributed by atoms with Crippen molar-refractivity contribution in [1.82, 2.24) is 0 Å². The molecule has 28 heavy (non-hydrogen) atoms. The summed E-state index contributed by atoms with van der Waals surface area (Å²) in [6.45, 7) is -0.507. The van der Waals surface area contributed by atoms with E-state index >= 15 is 0 Å². The van der Waals surface area contributed by atoms with Crippen LogP contribution in [0.15, 0.2) is 70.3 Å². The molecule has 9 heteroatoms. The normalized spacial score (nSPS) is 11.0. The van der Waals surface area contributed by atoms with E-state index in [0.29, 0.717) is 5.56 Å². The average molecular weight is 417 g/mol. The number of aromatic hydroxyl groups is 1. The van der Waals surface area contributed by atoms with E-state index in [-0.39, 0.29) is 15.5 Å². The first-order valence-electron chi connectivity index (χ1n) is 8.01. The number of nitrogens with one attached hydrogen (secondary N) is 1. The zero-order valence-corrected chi connectivity index (χ0v) is 16.0. The van der Waals surface area contributed by atoms with Crippen molar-refractivity contribution >= 4 is 38.8 Å². The molecule has 2 aromatic carbocycles. The third-order valence-electron chi connectivity index (χ3n) is 3.66. The van der Waals surface area contributed by atoms with E-state index in [1.165, 1.54) is 18.2 Å². The first-order valence-corrected chi connectivity index (χ1v) is 10.4. The number of thiophene rings is 1. The second-order valence-electron chi connectivity index (χ2n) is 5.63. The maximum Gasteiger partial charge on any atom is 0.342 e. The van der Waals surface area contributed by atoms with Crippen LogP contribution in [0.2, 0.25) is 0 Å². The number of benzene rings is 2. The number of phenols is 1. The Morgan fingerprint density at radius 3 is 2.46 bits per heavy atom. The molecule has 0 spiro atoms. The maximum absolute atomic E-state index is 12.3. The fraction of sp³-hybridized carbons (Fsp3) is 0.0526. The van der Waals surface area contributed by atoms with Crippen LogP contribution in [-0.4, -0.2) is 31.9 Å². The number of ether oxygens (including phenoxy) is 1. The van der Waals surface area contributed by atoms with Crippen molar-refractivity contribution in [2.24, 2.45) is 0 Å². The third-order valence-corrected chi connectivity index (χ3v) is 6.44. The molecule has 0 aliphatic rings. The summed E-state index contributed by atoms with van der Waals surface area (Å²) in [6, 6.07) is 15.0. The average Bonchev–Trinajstić information content (AvgIpc) is 3.24. The lowest BCUT2D eigenvalue weighted by molar-refractivity contribution is 0.0472. The molecule has 0 fully saturated rings. The molecule has 3 aromatic rings. The molecule has 0 unspecified atom stereocenters. The van der Waals surface area contributed by atoms with Gasteiger partial charge in [-0.25, -0.2) is 13.2 Å². The number of carbonyl (C=O) groups excluding carboxylic acids is 2. The molecule has 0 atom stereocenters. The Kier molecular flexibility index (Phi) is 5.76. The fourth-order valence-corrected chi connectivity index (χ4v) is 4.34. The quantitative estimate of drug-likeness (QED) is 0.347. The van der Waals surface area contributed by atoms with E-state index in [0.717, 1.165) is 17.4 Å². The zero-order chi connectivity index (χ0) is 20.1. The molecule has 0 aliphatic carbocycles. The highest BCUT2D eigenvalue weighted by Gasteiger charge is 2.19. The predicted octanol–water partition coefficient (Wildman–Crippen LogP) is 3.29. The number of carbonyl (C=O) groups is 2. The molecule has 1 aromatic heterocycles. The Labute approximate surface area is 165 Å². The highest BCUT2D eigenvalue weighted by Crippen LogP contribution is 2.25. The largest absolute Gasteiger partial charge is 0.507 e. The lowest BCUT2D eigenvalue weighted by atomic mass is 10.1. The number of rotatable bonds is 7. The van der Waals surface area contributed by atoms with Gasteiger partial charge in [0.25, 0.3) is 10.0 Å². The van der Waals surface area contributed by atoms with Crippen LogP contribution < -0.4 is 4.72 Å². The van der Waals surface area contributed by atoms with Crippen molar-refractivity contribution in [3.05, 3.63) is 77.2 Å². The molecule has 2 N–H and O–H groups in total. The standard InChI is InChI=1S/C19H15NO6S2/c21-16-9-8-14(20-28(24,25)18-7-4-10-27-18)11-15(16)19(23)26-12-17(22)13-5-2-1-3-6-13/h1-11,20-21H,12H2. The summed E-state index contributed by atoms with van der Waals surface area (Å²) in [4.78, 5) is 24.3. The molecule has 7 nitrogen and oxygen atoms in total. The molecular weight excluding hydrogens is 402 g/mol. The van der Waals surface area contributed by atoms with Crippen LogP contribution in [0.1, 0.15) is 20.7 Å². The summed E-state index contributed by atoms with van der Waals surface area (Å²) < 4.78 is 32.0. The van der Waals surface area contributed by atoms with Crippen LogP contribution in [0.25, 0.3) is 0 Å². The Balaban J connectivity index is 1.72. The van der Waals surface area contributed by atoms with Crippen LogP contribution in [0, 0.1) is 0 Å². The number of Topliss-reactive ketones (excluding diaryl/α,β-unsaturated/α-hetero) is 1. The van der Waals surface area contributed by atoms with Gasteiger partial charge in [0, 0.05) is 11.3 Å². The molecular formula is C19H15NO6S2. The van der Waals surface area contributed by atoms with Gasteiger partial charge in [-0.3, -0.25) is 9.52 Å². The number of ketones is 1. The summed E-state index contributed by atoms with van der Waals surface area (Å²) in [5, 5.41) is 11.5. The first-order chi connectivity index (χ1) is 13.4. The summed E-state index contributed by atoms with van der Waals surface area (Å²) in [7, 11) is -3.81. The number of hydrogen-bond donors (Lipinski definition) is 2. The SMILES string of the molecule is O=C(COC(=O)c1cc(NS(=O)(=O)c2cccs2)ccc1O)c1ccccc1. The number of esters is 1. The minimum atomic E-state index is -3.81. The lowest BCUT2D eigenvalue weighted by Crippen LogP contribution is -2.15. The number of hydrogen-bond acceptors (Lipinski definition) is 7. The summed E-state index contributed by atoms with van der Waals surface area (Å²) in [6.07, 6.45) is 0. The van der Waals surface area contributed by atoms with E-state index in [9.17, 15) is 23.1 Å². The van der Waals surface area contributed by atoms with Crippen molar-refractivity contribution in [3.8, 4) is 5.75 Å². The van der Waals surface area contributed by atoms with E-state index in [1.807, 2.05) is 0 Å². The highest BCUT2D eigenvalue weighted by atomic mass is 32.2. The molecule has 144 valence electrons. The second kappa shape index (κ2) is 8.24. The first kappa shape index (κ1) is 19.6. The molecule has 0 saturated heterocycles. The molecule has 0 radical (unpaired) electrons. The van der Waals surface area contributed by atoms with Gasteiger partial charge >= 0.3 is 5.97 Å². The zero-order valence-electron chi connectivity index (χ0n) is 14.4. The highest BCUT2D eigenvalue weighted by molar-refractivity contribution is 7.94. The van der Waals surface area contributed by atoms with Gasteiger partial charge in [0.15, 0.2) is 12.4 Å². The molecule has 0 bridgehead atoms. The fourth-order valence-electron chi connectivity index (χ4n) is 2.30. The molecule has 1 heterocycles. The van der Waals surface area contributed by atoms with Crippen molar-refractivity contribution in [2.45, 2.75) is 4.21 Å². The molecule has 0 aliphatic heterocycles. The Morgan fingerprint density at radius 2 is 1.79 bits per heavy atom. The minimum Gasteiger partial charge on any atom is -0.507 e. The van der Waals surface area contributed by atoms with Crippen LogP contribution in [0.4, 0.5) is 5.69 Å². The summed E-state index contributed by atoms with van der Waals surface area (Å²) in [5.74, 6) is -1.74. The van der Waals surface area contributed by atoms with E-state index in [1.54, 1.807) is 41.8 Å². The van der Waals surface area contributed by atoms with Gasteiger partial charge in [0.05, 0.1) is 0 Å². The Bertz CT molecular complexity index is 1090. The van der Waals surface area contributed by atoms with Gasteiger partial charge < -0.3 is 9.84 Å². The summed E-state index contributed by atoms with van der Waals surface area (Å²) in [5.41, 5.74) is 0.205. The topological polar surface area (TPSA) is 110 Å². The Morgan fingerprint density at radius 1 is 1.04 bits per heavy atom. The molecule has 0 amide bonds. The van der Waals surface area contributed by atoms with E-state index < -0.39 is 34.1 Å². The summed E-state index contributed by atoms with van der Waals surface area (Å²) >= 11 is 1.04. The van der Waals surface area contributed by atoms with Gasteiger partial charge in [-0.05, 0) is 29.6 Å². The second-order valence-corrected chi connectivity index (χ2v) is 8.49. The van der Waals surface area contributed by atoms with Crippen molar-refractivity contribution in [2.75, 3.05) is 11.3 Å². The monoisotopic (exact) mass is 417 g/mol. The Hall–Kier alpha value is -3.17. The third kappa shape index (κ3) is 4.56. The van der Waals surface area contributed by atoms with E-state index in [2.05, 4.69) is 4.72 Å². The van der Waals surface area contributed by atoms with E-state index in [4.69, 9.17) is 4.74 Å². The van der Waals surface area contributed by atoms with Crippen molar-refractivity contribution in [3.63, 3.8) is 0 Å². The smallest absolute Gasteiger partial charge is 0.342 e. The molecule has 0 saturated carbocycles. The predicted molar refractivity (Wildman–Crippen MR) is 104 cm³/mol. The van der Waals surface area contributed by atoms with Crippen molar-refractivity contribution in [1.29, 1.82) is 0 Å². The van der Waals surface area contributed by atoms with Gasteiger partial charge in [0.2, 0.25) is 0 Å². The van der Waals surface area contributed by atoms with Crippen LogP contribution in [-0.2, 0) is 14.8 Å². The number of sulfonamides is 1. The van der Waals surface area contributed by atoms with Crippen LogP contribution in [0.3, 0.4) is 0 Å². The van der Waals surface area contributed by atoms with Gasteiger partial charge in [-0.15, -0.1) is 11.3 Å². The number of anilines is 1. The lowest BCUT2D eigenvalue weighted by Gasteiger charge is -2.10. The van der Waals surface area contributed by atoms with Gasteiger partial charge in [-0.2, -0.15) is 0 Å². The van der Waals surface area contributed by atoms with Gasteiger partial charge in [0.1, 0.15) is 15.5 Å². The van der Waals surface area contributed by atoms with Crippen molar-refractivity contribution < 1.29 is 27.9 Å². The van der Waals surface area contributed by atoms with Crippen LogP contribution >= 0.6 is 11.3 Å². The number of phenolic OH excluding ortho intramolecular Hbond substituents is 1. The molecule has 3 rings (SSSR count). The van der Waals surface area contributed by atoms with Crippen LogP contribution in [0.5, 0.6) is 5.75 Å².